The molecule has 1 fully saturated rings. The molecule has 2 aliphatic rings. The zero-order chi connectivity index (χ0) is 26.4. The lowest BCUT2D eigenvalue weighted by Gasteiger charge is -2.32. The predicted molar refractivity (Wildman–Crippen MR) is 147 cm³/mol. The lowest BCUT2D eigenvalue weighted by atomic mass is 9.78. The van der Waals surface area contributed by atoms with Gasteiger partial charge in [0.25, 0.3) is 0 Å². The molecular weight excluding hydrogens is 484 g/mol. The maximum absolute atomic E-state index is 11.7. The number of ether oxygens (including phenoxy) is 2. The molecule has 0 radical (unpaired) electrons. The first-order valence-corrected chi connectivity index (χ1v) is 13.4. The zero-order valence-electron chi connectivity index (χ0n) is 22.0. The average Bonchev–Trinajstić information content (AvgIpc) is 3.58. The van der Waals surface area contributed by atoms with Gasteiger partial charge in [-0.05, 0) is 94.8 Å². The summed E-state index contributed by atoms with van der Waals surface area (Å²) >= 11 is 6.32. The van der Waals surface area contributed by atoms with E-state index in [0.717, 1.165) is 53.7 Å². The fourth-order valence-electron chi connectivity index (χ4n) is 6.21. The lowest BCUT2D eigenvalue weighted by Crippen LogP contribution is -2.21. The van der Waals surface area contributed by atoms with Crippen LogP contribution in [0.5, 0.6) is 5.75 Å². The van der Waals surface area contributed by atoms with Crippen LogP contribution in [0.2, 0.25) is 5.02 Å². The molecule has 1 spiro atoms. The summed E-state index contributed by atoms with van der Waals surface area (Å²) in [5.41, 5.74) is 6.43. The molecule has 0 heterocycles. The van der Waals surface area contributed by atoms with Gasteiger partial charge in [-0.25, -0.2) is 0 Å². The fourth-order valence-corrected chi connectivity index (χ4v) is 6.40. The van der Waals surface area contributed by atoms with Gasteiger partial charge in [0.15, 0.2) is 0 Å². The molecule has 3 aromatic carbocycles. The van der Waals surface area contributed by atoms with Crippen molar-refractivity contribution in [3.8, 4) is 16.9 Å². The Bertz CT molecular complexity index is 1320. The van der Waals surface area contributed by atoms with Crippen LogP contribution in [0.25, 0.3) is 11.1 Å². The Labute approximate surface area is 224 Å². The van der Waals surface area contributed by atoms with Crippen molar-refractivity contribution in [2.24, 2.45) is 11.3 Å². The van der Waals surface area contributed by atoms with E-state index in [1.54, 1.807) is 7.11 Å². The molecule has 0 bridgehead atoms. The summed E-state index contributed by atoms with van der Waals surface area (Å²) in [6.45, 7) is 6.95. The van der Waals surface area contributed by atoms with Crippen molar-refractivity contribution in [1.29, 1.82) is 0 Å². The Morgan fingerprint density at radius 2 is 1.95 bits per heavy atom. The van der Waals surface area contributed by atoms with E-state index < -0.39 is 5.97 Å². The van der Waals surface area contributed by atoms with Crippen LogP contribution >= 0.6 is 11.6 Å². The summed E-state index contributed by atoms with van der Waals surface area (Å²) < 4.78 is 12.3. The topological polar surface area (TPSA) is 55.8 Å². The van der Waals surface area contributed by atoms with Gasteiger partial charge in [0.2, 0.25) is 0 Å². The molecule has 5 rings (SSSR count). The number of benzene rings is 3. The number of carboxylic acid groups (broad SMARTS) is 1. The predicted octanol–water partition coefficient (Wildman–Crippen LogP) is 8.00. The van der Waals surface area contributed by atoms with Gasteiger partial charge >= 0.3 is 5.97 Å². The third-order valence-electron chi connectivity index (χ3n) is 8.02. The number of halogens is 1. The lowest BCUT2D eigenvalue weighted by molar-refractivity contribution is -0.139. The first-order chi connectivity index (χ1) is 17.6. The first kappa shape index (κ1) is 25.8. The molecule has 1 N–H and O–H groups in total. The Balaban J connectivity index is 1.44. The van der Waals surface area contributed by atoms with Gasteiger partial charge in [0, 0.05) is 17.5 Å². The molecule has 4 nitrogen and oxygen atoms in total. The van der Waals surface area contributed by atoms with Crippen LogP contribution in [-0.2, 0) is 28.0 Å². The highest BCUT2D eigenvalue weighted by Crippen LogP contribution is 2.60. The van der Waals surface area contributed by atoms with Crippen molar-refractivity contribution in [2.75, 3.05) is 7.11 Å². The van der Waals surface area contributed by atoms with Gasteiger partial charge in [-0.2, -0.15) is 0 Å². The molecule has 5 heteroatoms. The second-order valence-corrected chi connectivity index (χ2v) is 12.1. The molecular formula is C32H35ClO4. The van der Waals surface area contributed by atoms with Crippen LogP contribution < -0.4 is 4.74 Å². The van der Waals surface area contributed by atoms with E-state index in [1.807, 2.05) is 24.3 Å². The van der Waals surface area contributed by atoms with Crippen LogP contribution in [0, 0.1) is 11.3 Å². The Morgan fingerprint density at radius 3 is 2.62 bits per heavy atom. The smallest absolute Gasteiger partial charge is 0.307 e. The van der Waals surface area contributed by atoms with Gasteiger partial charge in [-0.15, -0.1) is 0 Å². The molecule has 2 aliphatic carbocycles. The van der Waals surface area contributed by atoms with Crippen LogP contribution in [0.15, 0.2) is 60.7 Å². The van der Waals surface area contributed by atoms with Gasteiger partial charge in [-0.1, -0.05) is 62.7 Å². The van der Waals surface area contributed by atoms with E-state index in [2.05, 4.69) is 57.2 Å². The number of carboxylic acids is 1. The fraction of sp³-hybridized carbons (Fsp3) is 0.406. The van der Waals surface area contributed by atoms with E-state index >= 15 is 0 Å². The van der Waals surface area contributed by atoms with E-state index in [-0.39, 0.29) is 22.9 Å². The van der Waals surface area contributed by atoms with E-state index in [1.165, 1.54) is 11.1 Å². The maximum Gasteiger partial charge on any atom is 0.307 e. The summed E-state index contributed by atoms with van der Waals surface area (Å²) in [7, 11) is 1.76. The molecule has 3 aromatic rings. The summed E-state index contributed by atoms with van der Waals surface area (Å²) in [5, 5.41) is 10.3. The van der Waals surface area contributed by atoms with E-state index in [9.17, 15) is 9.90 Å². The Morgan fingerprint density at radius 1 is 1.14 bits per heavy atom. The quantitative estimate of drug-likeness (QED) is 0.344. The zero-order valence-corrected chi connectivity index (χ0v) is 22.8. The average molecular weight is 519 g/mol. The summed E-state index contributed by atoms with van der Waals surface area (Å²) in [6.07, 6.45) is 3.61. The van der Waals surface area contributed by atoms with Crippen molar-refractivity contribution in [3.05, 3.63) is 87.9 Å². The molecule has 0 saturated heterocycles. The highest BCUT2D eigenvalue weighted by molar-refractivity contribution is 6.30. The standard InChI is InChI=1S/C32H35ClO4/c1-31(2,3)29(36-4)26-15-20(10-13-25(26)22-7-5-9-23(33)16-22)19-37-24-12-11-21-8-6-14-32(27(21)17-24)18-28(32)30(34)35/h5,7,9-13,15-17,28-29H,6,8,14,18-19H2,1-4H3,(H,34,35). The normalized spacial score (nSPS) is 21.4. The highest BCUT2D eigenvalue weighted by Gasteiger charge is 2.60. The number of fused-ring (bicyclic) bond motifs is 2. The maximum atomic E-state index is 11.7. The van der Waals surface area contributed by atoms with Crippen LogP contribution in [0.4, 0.5) is 0 Å². The number of aryl methyl sites for hydroxylation is 1. The third-order valence-corrected chi connectivity index (χ3v) is 8.26. The largest absolute Gasteiger partial charge is 0.489 e. The monoisotopic (exact) mass is 518 g/mol. The molecule has 37 heavy (non-hydrogen) atoms. The molecule has 0 aliphatic heterocycles. The summed E-state index contributed by atoms with van der Waals surface area (Å²) in [5.74, 6) is -0.166. The Kier molecular flexibility index (Phi) is 6.84. The number of methoxy groups -OCH3 is 1. The summed E-state index contributed by atoms with van der Waals surface area (Å²) in [6, 6.07) is 20.5. The number of hydrogen-bond donors (Lipinski definition) is 1. The minimum atomic E-state index is -0.682. The molecule has 3 atom stereocenters. The molecule has 194 valence electrons. The van der Waals surface area contributed by atoms with Gasteiger partial charge in [0.1, 0.15) is 12.4 Å². The number of rotatable bonds is 7. The van der Waals surface area contributed by atoms with Crippen molar-refractivity contribution in [3.63, 3.8) is 0 Å². The minimum absolute atomic E-state index is 0.112. The highest BCUT2D eigenvalue weighted by atomic mass is 35.5. The van der Waals surface area contributed by atoms with Crippen molar-refractivity contribution < 1.29 is 19.4 Å². The van der Waals surface area contributed by atoms with Crippen molar-refractivity contribution in [2.45, 2.75) is 64.6 Å². The van der Waals surface area contributed by atoms with Gasteiger partial charge in [0.05, 0.1) is 12.0 Å². The van der Waals surface area contributed by atoms with Crippen LogP contribution in [-0.4, -0.2) is 18.2 Å². The Hall–Kier alpha value is -2.82. The summed E-state index contributed by atoms with van der Waals surface area (Å²) in [4.78, 5) is 11.7. The van der Waals surface area contributed by atoms with E-state index in [4.69, 9.17) is 21.1 Å². The van der Waals surface area contributed by atoms with Crippen molar-refractivity contribution in [1.82, 2.24) is 0 Å². The first-order valence-electron chi connectivity index (χ1n) is 13.0. The molecule has 0 aromatic heterocycles. The van der Waals surface area contributed by atoms with Crippen LogP contribution in [0.1, 0.15) is 68.4 Å². The van der Waals surface area contributed by atoms with E-state index in [0.29, 0.717) is 11.6 Å². The number of carbonyl (C=O) groups is 1. The van der Waals surface area contributed by atoms with Gasteiger partial charge in [-0.3, -0.25) is 4.79 Å². The SMILES string of the molecule is COC(c1cc(COc2ccc3c(c2)C2(CCC3)CC2C(=O)O)ccc1-c1cccc(Cl)c1)C(C)(C)C. The number of hydrogen-bond acceptors (Lipinski definition) is 3. The third kappa shape index (κ3) is 5.02. The van der Waals surface area contributed by atoms with Crippen LogP contribution in [0.3, 0.4) is 0 Å². The minimum Gasteiger partial charge on any atom is -0.489 e. The second-order valence-electron chi connectivity index (χ2n) is 11.6. The number of aliphatic carboxylic acids is 1. The van der Waals surface area contributed by atoms with Crippen molar-refractivity contribution >= 4 is 17.6 Å². The molecule has 3 unspecified atom stereocenters. The molecule has 1 saturated carbocycles. The second kappa shape index (κ2) is 9.81. The molecule has 0 amide bonds. The van der Waals surface area contributed by atoms with Gasteiger partial charge < -0.3 is 14.6 Å².